The highest BCUT2D eigenvalue weighted by atomic mass is 32.2. The summed E-state index contributed by atoms with van der Waals surface area (Å²) in [6.07, 6.45) is 5.09. The van der Waals surface area contributed by atoms with E-state index < -0.39 is 28.5 Å². The summed E-state index contributed by atoms with van der Waals surface area (Å²) < 4.78 is 39.3. The molecule has 1 N–H and O–H groups in total. The van der Waals surface area contributed by atoms with E-state index in [0.29, 0.717) is 17.2 Å². The van der Waals surface area contributed by atoms with Crippen molar-refractivity contribution in [2.45, 2.75) is 62.6 Å². The van der Waals surface area contributed by atoms with Gasteiger partial charge in [-0.2, -0.15) is 0 Å². The van der Waals surface area contributed by atoms with Gasteiger partial charge in [0.15, 0.2) is 0 Å². The van der Waals surface area contributed by atoms with E-state index >= 15 is 0 Å². The molecule has 0 aliphatic heterocycles. The molecule has 3 aromatic rings. The monoisotopic (exact) mass is 593 g/mol. The van der Waals surface area contributed by atoms with Crippen LogP contribution in [0.4, 0.5) is 5.69 Å². The average Bonchev–Trinajstić information content (AvgIpc) is 3.03. The van der Waals surface area contributed by atoms with Crippen LogP contribution in [0.25, 0.3) is 0 Å². The van der Waals surface area contributed by atoms with E-state index in [0.717, 1.165) is 42.0 Å². The van der Waals surface area contributed by atoms with Gasteiger partial charge in [0.1, 0.15) is 24.1 Å². The molecule has 0 saturated heterocycles. The highest BCUT2D eigenvalue weighted by Gasteiger charge is 2.33. The van der Waals surface area contributed by atoms with Crippen LogP contribution in [0.3, 0.4) is 0 Å². The molecule has 1 atom stereocenters. The Morgan fingerprint density at radius 1 is 0.857 bits per heavy atom. The van der Waals surface area contributed by atoms with Gasteiger partial charge in [-0.15, -0.1) is 0 Å². The molecule has 0 radical (unpaired) electrons. The molecule has 1 saturated carbocycles. The molecule has 0 heterocycles. The first-order valence-electron chi connectivity index (χ1n) is 14.2. The Hall–Kier alpha value is -4.05. The first kappa shape index (κ1) is 30.9. The van der Waals surface area contributed by atoms with E-state index in [9.17, 15) is 18.0 Å². The van der Waals surface area contributed by atoms with Gasteiger partial charge < -0.3 is 19.7 Å². The van der Waals surface area contributed by atoms with Crippen molar-refractivity contribution < 1.29 is 27.5 Å². The highest BCUT2D eigenvalue weighted by Crippen LogP contribution is 2.26. The van der Waals surface area contributed by atoms with E-state index in [2.05, 4.69) is 5.32 Å². The molecule has 42 heavy (non-hydrogen) atoms. The van der Waals surface area contributed by atoms with Crippen molar-refractivity contribution in [2.24, 2.45) is 0 Å². The number of para-hydroxylation sites is 1. The minimum atomic E-state index is -4.14. The number of ether oxygens (including phenoxy) is 2. The summed E-state index contributed by atoms with van der Waals surface area (Å²) in [5, 5.41) is 3.11. The van der Waals surface area contributed by atoms with Gasteiger partial charge in [-0.05, 0) is 73.9 Å². The summed E-state index contributed by atoms with van der Waals surface area (Å²) in [6, 6.07) is 21.0. The number of carbonyl (C=O) groups is 2. The lowest BCUT2D eigenvalue weighted by molar-refractivity contribution is -0.139. The quantitative estimate of drug-likeness (QED) is 0.325. The van der Waals surface area contributed by atoms with Crippen LogP contribution in [0.5, 0.6) is 11.5 Å². The number of carbonyl (C=O) groups excluding carboxylic acids is 2. The Morgan fingerprint density at radius 3 is 2.00 bits per heavy atom. The Balaban J connectivity index is 1.65. The Bertz CT molecular complexity index is 1420. The van der Waals surface area contributed by atoms with Crippen LogP contribution in [0, 0.1) is 0 Å². The number of anilines is 1. The third kappa shape index (κ3) is 7.61. The summed E-state index contributed by atoms with van der Waals surface area (Å²) in [5.74, 6) is 0.423. The molecule has 2 amide bonds. The molecule has 10 heteroatoms. The molecule has 9 nitrogen and oxygen atoms in total. The van der Waals surface area contributed by atoms with Crippen molar-refractivity contribution >= 4 is 27.5 Å². The normalized spacial score (nSPS) is 14.5. The highest BCUT2D eigenvalue weighted by molar-refractivity contribution is 7.92. The summed E-state index contributed by atoms with van der Waals surface area (Å²) in [7, 11) is -1.07. The van der Waals surface area contributed by atoms with Gasteiger partial charge in [0.2, 0.25) is 11.8 Å². The second kappa shape index (κ2) is 14.2. The third-order valence-corrected chi connectivity index (χ3v) is 9.39. The van der Waals surface area contributed by atoms with Crippen molar-refractivity contribution in [3.05, 3.63) is 84.4 Å². The lowest BCUT2D eigenvalue weighted by Crippen LogP contribution is -2.53. The second-order valence-electron chi connectivity index (χ2n) is 10.4. The van der Waals surface area contributed by atoms with Crippen LogP contribution in [-0.2, 0) is 26.2 Å². The minimum Gasteiger partial charge on any atom is -0.497 e. The minimum absolute atomic E-state index is 0.0183. The first-order chi connectivity index (χ1) is 20.2. The fourth-order valence-electron chi connectivity index (χ4n) is 5.08. The van der Waals surface area contributed by atoms with E-state index in [-0.39, 0.29) is 23.4 Å². The first-order valence-corrected chi connectivity index (χ1v) is 15.6. The zero-order valence-electron chi connectivity index (χ0n) is 24.4. The van der Waals surface area contributed by atoms with Crippen molar-refractivity contribution in [1.82, 2.24) is 10.2 Å². The molecule has 1 aliphatic rings. The number of rotatable bonds is 12. The molecule has 0 aromatic heterocycles. The fourth-order valence-corrected chi connectivity index (χ4v) is 6.49. The third-order valence-electron chi connectivity index (χ3n) is 7.60. The molecule has 4 rings (SSSR count). The lowest BCUT2D eigenvalue weighted by atomic mass is 9.95. The summed E-state index contributed by atoms with van der Waals surface area (Å²) >= 11 is 0. The summed E-state index contributed by atoms with van der Waals surface area (Å²) in [6.45, 7) is 1.31. The number of nitrogens with zero attached hydrogens (tertiary/aromatic N) is 2. The fraction of sp³-hybridized carbons (Fsp3) is 0.375. The molecule has 1 unspecified atom stereocenters. The Labute approximate surface area is 248 Å². The number of hydrogen-bond donors (Lipinski definition) is 1. The number of hydrogen-bond acceptors (Lipinski definition) is 6. The zero-order valence-corrected chi connectivity index (χ0v) is 25.2. The number of benzene rings is 3. The van der Waals surface area contributed by atoms with Crippen LogP contribution in [-0.4, -0.2) is 58.0 Å². The topological polar surface area (TPSA) is 105 Å². The second-order valence-corrected chi connectivity index (χ2v) is 12.3. The Morgan fingerprint density at radius 2 is 1.43 bits per heavy atom. The molecule has 3 aromatic carbocycles. The SMILES string of the molecule is COc1ccc(CN(C(=O)CN(c2ccccc2)S(=O)(=O)c2ccc(OC)cc2)C(C)C(=O)NC2CCCCC2)cc1. The largest absolute Gasteiger partial charge is 0.497 e. The Kier molecular flexibility index (Phi) is 10.5. The van der Waals surface area contributed by atoms with Crippen LogP contribution in [0.1, 0.15) is 44.6 Å². The van der Waals surface area contributed by atoms with Gasteiger partial charge in [0.05, 0.1) is 24.8 Å². The zero-order chi connectivity index (χ0) is 30.1. The van der Waals surface area contributed by atoms with Crippen molar-refractivity contribution in [3.8, 4) is 11.5 Å². The van der Waals surface area contributed by atoms with Gasteiger partial charge in [-0.1, -0.05) is 49.6 Å². The standard InChI is InChI=1S/C32H39N3O6S/c1-24(32(37)33-26-10-6-4-7-11-26)34(22-25-14-16-28(40-2)17-15-25)31(36)23-35(27-12-8-5-9-13-27)42(38,39)30-20-18-29(41-3)19-21-30/h5,8-9,12-21,24,26H,4,6-7,10-11,22-23H2,1-3H3,(H,33,37). The van der Waals surface area contributed by atoms with Gasteiger partial charge >= 0.3 is 0 Å². The van der Waals surface area contributed by atoms with Crippen molar-refractivity contribution in [3.63, 3.8) is 0 Å². The average molecular weight is 594 g/mol. The van der Waals surface area contributed by atoms with E-state index in [4.69, 9.17) is 9.47 Å². The molecule has 224 valence electrons. The maximum absolute atomic E-state index is 14.1. The van der Waals surface area contributed by atoms with Crippen LogP contribution >= 0.6 is 0 Å². The van der Waals surface area contributed by atoms with Gasteiger partial charge in [0, 0.05) is 12.6 Å². The van der Waals surface area contributed by atoms with E-state index in [1.54, 1.807) is 68.6 Å². The van der Waals surface area contributed by atoms with Crippen molar-refractivity contribution in [1.29, 1.82) is 0 Å². The molecule has 0 spiro atoms. The van der Waals surface area contributed by atoms with Gasteiger partial charge in [0.25, 0.3) is 10.0 Å². The molecule has 1 aliphatic carbocycles. The van der Waals surface area contributed by atoms with E-state index in [1.807, 2.05) is 12.1 Å². The number of amides is 2. The predicted molar refractivity (Wildman–Crippen MR) is 162 cm³/mol. The molecule has 1 fully saturated rings. The molecular weight excluding hydrogens is 554 g/mol. The number of nitrogens with one attached hydrogen (secondary N) is 1. The summed E-state index contributed by atoms with van der Waals surface area (Å²) in [5.41, 5.74) is 1.12. The smallest absolute Gasteiger partial charge is 0.264 e. The molecule has 0 bridgehead atoms. The van der Waals surface area contributed by atoms with Gasteiger partial charge in [-0.25, -0.2) is 8.42 Å². The van der Waals surface area contributed by atoms with Gasteiger partial charge in [-0.3, -0.25) is 13.9 Å². The predicted octanol–water partition coefficient (Wildman–Crippen LogP) is 4.77. The van der Waals surface area contributed by atoms with E-state index in [1.165, 1.54) is 24.1 Å². The number of methoxy groups -OCH3 is 2. The van der Waals surface area contributed by atoms with Crippen LogP contribution in [0.15, 0.2) is 83.8 Å². The maximum Gasteiger partial charge on any atom is 0.264 e. The maximum atomic E-state index is 14.1. The van der Waals surface area contributed by atoms with Crippen LogP contribution < -0.4 is 19.1 Å². The molecular formula is C32H39N3O6S. The number of sulfonamides is 1. The lowest BCUT2D eigenvalue weighted by Gasteiger charge is -2.33. The van der Waals surface area contributed by atoms with Crippen molar-refractivity contribution in [2.75, 3.05) is 25.1 Å². The van der Waals surface area contributed by atoms with Crippen LogP contribution in [0.2, 0.25) is 0 Å². The summed E-state index contributed by atoms with van der Waals surface area (Å²) in [4.78, 5) is 28.9.